The molecule has 34 heavy (non-hydrogen) atoms. The van der Waals surface area contributed by atoms with Gasteiger partial charge in [-0.1, -0.05) is 28.7 Å². The van der Waals surface area contributed by atoms with Gasteiger partial charge in [-0.05, 0) is 58.2 Å². The first kappa shape index (κ1) is 21.8. The van der Waals surface area contributed by atoms with E-state index in [2.05, 4.69) is 78.3 Å². The van der Waals surface area contributed by atoms with Crippen LogP contribution >= 0.6 is 22.7 Å². The summed E-state index contributed by atoms with van der Waals surface area (Å²) < 4.78 is 0. The number of aromatic nitrogens is 5. The van der Waals surface area contributed by atoms with Gasteiger partial charge in [-0.25, -0.2) is 9.97 Å². The highest BCUT2D eigenvalue weighted by Crippen LogP contribution is 2.41. The minimum absolute atomic E-state index is 0.102. The molecule has 0 aliphatic carbocycles. The molecule has 5 heterocycles. The van der Waals surface area contributed by atoms with Crippen molar-refractivity contribution in [3.05, 3.63) is 36.8 Å². The van der Waals surface area contributed by atoms with E-state index in [9.17, 15) is 0 Å². The lowest BCUT2D eigenvalue weighted by Crippen LogP contribution is -2.61. The third-order valence-electron chi connectivity index (χ3n) is 6.75. The molecule has 0 amide bonds. The molecule has 5 aromatic rings. The Morgan fingerprint density at radius 3 is 2.41 bits per heavy atom. The molecule has 0 atom stereocenters. The van der Waals surface area contributed by atoms with Crippen LogP contribution in [0.3, 0.4) is 0 Å². The van der Waals surface area contributed by atoms with E-state index in [-0.39, 0.29) is 11.1 Å². The molecule has 6 rings (SSSR count). The highest BCUT2D eigenvalue weighted by molar-refractivity contribution is 7.29. The van der Waals surface area contributed by atoms with E-state index >= 15 is 0 Å². The van der Waals surface area contributed by atoms with Gasteiger partial charge >= 0.3 is 0 Å². The van der Waals surface area contributed by atoms with Gasteiger partial charge < -0.3 is 15.2 Å². The highest BCUT2D eigenvalue weighted by atomic mass is 32.1. The first-order chi connectivity index (χ1) is 16.2. The molecule has 4 aromatic heterocycles. The van der Waals surface area contributed by atoms with E-state index < -0.39 is 0 Å². The number of nitrogens with one attached hydrogen (secondary N) is 3. The summed E-state index contributed by atoms with van der Waals surface area (Å²) in [6, 6.07) is 6.86. The quantitative estimate of drug-likeness (QED) is 0.285. The molecule has 7 nitrogen and oxygen atoms in total. The molecule has 0 spiro atoms. The highest BCUT2D eigenvalue weighted by Gasteiger charge is 2.39. The van der Waals surface area contributed by atoms with Crippen molar-refractivity contribution in [2.24, 2.45) is 0 Å². The van der Waals surface area contributed by atoms with E-state index in [0.717, 1.165) is 54.8 Å². The van der Waals surface area contributed by atoms with Crippen LogP contribution in [0, 0.1) is 0 Å². The van der Waals surface area contributed by atoms with Crippen molar-refractivity contribution in [2.45, 2.75) is 57.7 Å². The minimum atomic E-state index is 0.102. The first-order valence-electron chi connectivity index (χ1n) is 11.6. The lowest BCUT2D eigenvalue weighted by molar-refractivity contribution is 0.161. The number of rotatable bonds is 4. The summed E-state index contributed by atoms with van der Waals surface area (Å²) in [5.41, 5.74) is 4.64. The van der Waals surface area contributed by atoms with Gasteiger partial charge in [0.25, 0.3) is 0 Å². The fraction of sp³-hybridized carbons (Fsp3) is 0.400. The predicted octanol–water partition coefficient (Wildman–Crippen LogP) is 6.04. The third-order valence-corrected chi connectivity index (χ3v) is 8.90. The number of thiazole rings is 2. The summed E-state index contributed by atoms with van der Waals surface area (Å²) in [7, 11) is 2.18. The molecule has 0 unspecified atom stereocenters. The number of hydrogen-bond donors (Lipinski definition) is 3. The van der Waals surface area contributed by atoms with Crippen LogP contribution in [0.1, 0.15) is 40.5 Å². The Labute approximate surface area is 206 Å². The van der Waals surface area contributed by atoms with E-state index in [0.29, 0.717) is 6.04 Å². The molecule has 0 bridgehead atoms. The summed E-state index contributed by atoms with van der Waals surface area (Å²) in [6.45, 7) is 9.18. The van der Waals surface area contributed by atoms with Crippen molar-refractivity contribution in [1.29, 1.82) is 0 Å². The number of benzene rings is 1. The van der Waals surface area contributed by atoms with Gasteiger partial charge in [-0.3, -0.25) is 5.10 Å². The number of fused-ring (bicyclic) bond motifs is 2. The third kappa shape index (κ3) is 3.72. The van der Waals surface area contributed by atoms with Gasteiger partial charge in [-0.15, -0.1) is 0 Å². The second kappa shape index (κ2) is 7.63. The molecular weight excluding hydrogens is 462 g/mol. The zero-order chi connectivity index (χ0) is 23.7. The lowest BCUT2D eigenvalue weighted by Gasteiger charge is -2.48. The van der Waals surface area contributed by atoms with Gasteiger partial charge in [0.1, 0.15) is 5.01 Å². The smallest absolute Gasteiger partial charge is 0.188 e. The summed E-state index contributed by atoms with van der Waals surface area (Å²) in [4.78, 5) is 17.8. The van der Waals surface area contributed by atoms with Crippen molar-refractivity contribution in [2.75, 3.05) is 11.9 Å². The Morgan fingerprint density at radius 2 is 1.71 bits per heavy atom. The second-order valence-electron chi connectivity index (χ2n) is 10.6. The number of nitrogens with zero attached hydrogens (tertiary/aromatic N) is 4. The van der Waals surface area contributed by atoms with E-state index in [1.807, 2.05) is 18.6 Å². The Kier molecular flexibility index (Phi) is 4.88. The predicted molar refractivity (Wildman–Crippen MR) is 143 cm³/mol. The number of anilines is 1. The largest absolute Gasteiger partial charge is 0.361 e. The fourth-order valence-corrected chi connectivity index (χ4v) is 7.68. The number of piperidine rings is 1. The Bertz CT molecular complexity index is 1420. The molecule has 176 valence electrons. The molecule has 1 aromatic carbocycles. The normalized spacial score (nSPS) is 18.1. The van der Waals surface area contributed by atoms with Crippen LogP contribution < -0.4 is 10.2 Å². The van der Waals surface area contributed by atoms with Gasteiger partial charge in [0.15, 0.2) is 14.8 Å². The van der Waals surface area contributed by atoms with Crippen LogP contribution in [0.4, 0.5) is 5.13 Å². The van der Waals surface area contributed by atoms with Crippen LogP contribution in [-0.4, -0.2) is 49.3 Å². The first-order valence-corrected chi connectivity index (χ1v) is 13.2. The molecule has 0 radical (unpaired) electrons. The van der Waals surface area contributed by atoms with Crippen LogP contribution in [0.15, 0.2) is 36.8 Å². The van der Waals surface area contributed by atoms with Gasteiger partial charge in [0.2, 0.25) is 0 Å². The molecule has 9 heteroatoms. The molecular formula is C25H29N7S2. The summed E-state index contributed by atoms with van der Waals surface area (Å²) in [6.07, 6.45) is 7.95. The van der Waals surface area contributed by atoms with Gasteiger partial charge in [0, 0.05) is 53.1 Å². The van der Waals surface area contributed by atoms with E-state index in [4.69, 9.17) is 9.97 Å². The monoisotopic (exact) mass is 491 g/mol. The van der Waals surface area contributed by atoms with Crippen LogP contribution in [0.25, 0.3) is 42.3 Å². The van der Waals surface area contributed by atoms with Crippen molar-refractivity contribution in [3.8, 4) is 21.7 Å². The minimum Gasteiger partial charge on any atom is -0.361 e. The van der Waals surface area contributed by atoms with Crippen molar-refractivity contribution in [3.63, 3.8) is 0 Å². The Hall–Kier alpha value is -2.75. The molecule has 1 saturated heterocycles. The van der Waals surface area contributed by atoms with E-state index in [1.54, 1.807) is 22.7 Å². The van der Waals surface area contributed by atoms with Gasteiger partial charge in [-0.2, -0.15) is 5.10 Å². The Morgan fingerprint density at radius 1 is 0.971 bits per heavy atom. The molecule has 1 aliphatic heterocycles. The maximum absolute atomic E-state index is 5.01. The van der Waals surface area contributed by atoms with Crippen LogP contribution in [-0.2, 0) is 0 Å². The van der Waals surface area contributed by atoms with Crippen molar-refractivity contribution >= 4 is 48.4 Å². The number of H-pyrrole nitrogens is 2. The number of aromatic amines is 2. The van der Waals surface area contributed by atoms with Crippen molar-refractivity contribution < 1.29 is 0 Å². The number of hydrogen-bond acceptors (Lipinski definition) is 7. The summed E-state index contributed by atoms with van der Waals surface area (Å²) in [5, 5.41) is 14.0. The van der Waals surface area contributed by atoms with Crippen LogP contribution in [0.2, 0.25) is 0 Å². The zero-order valence-electron chi connectivity index (χ0n) is 20.1. The molecule has 0 saturated carbocycles. The summed E-state index contributed by atoms with van der Waals surface area (Å²) in [5.74, 6) is 0. The molecule has 3 N–H and O–H groups in total. The van der Waals surface area contributed by atoms with E-state index in [1.165, 1.54) is 5.39 Å². The van der Waals surface area contributed by atoms with Crippen molar-refractivity contribution in [1.82, 2.24) is 30.5 Å². The average molecular weight is 492 g/mol. The second-order valence-corrected chi connectivity index (χ2v) is 12.5. The maximum atomic E-state index is 5.01. The average Bonchev–Trinajstić information content (AvgIpc) is 3.53. The maximum Gasteiger partial charge on any atom is 0.188 e. The molecule has 1 aliphatic rings. The zero-order valence-corrected chi connectivity index (χ0v) is 21.7. The SMILES string of the molecule is CN(c1nc2sc(-c3ccc(-c4cn[nH]c4)c4cc[nH]c34)nc2s1)C1CC(C)(C)NC(C)(C)C1. The standard InChI is InChI=1S/C25H29N7S2/c1-24(2)10-15(11-25(3,4)31-24)32(5)23-30-22-21(34-23)29-20(33-22)18-7-6-16(14-12-27-28-13-14)17-8-9-26-19(17)18/h6-9,12-13,15,26,31H,10-11H2,1-5H3,(H,27,28). The topological polar surface area (TPSA) is 85.5 Å². The van der Waals surface area contributed by atoms with Gasteiger partial charge in [0.05, 0.1) is 11.7 Å². The fourth-order valence-electron chi connectivity index (χ4n) is 5.58. The molecule has 1 fully saturated rings. The lowest BCUT2D eigenvalue weighted by atomic mass is 9.79. The van der Waals surface area contributed by atoms with Crippen LogP contribution in [0.5, 0.6) is 0 Å². The Balaban J connectivity index is 1.32. The summed E-state index contributed by atoms with van der Waals surface area (Å²) >= 11 is 3.36.